The fourth-order valence-corrected chi connectivity index (χ4v) is 3.86. The molecule has 2 aromatic carbocycles. The minimum Gasteiger partial charge on any atom is -0.346 e. The Labute approximate surface area is 180 Å². The van der Waals surface area contributed by atoms with E-state index in [1.54, 1.807) is 11.0 Å². The second-order valence-corrected chi connectivity index (χ2v) is 7.81. The molecule has 2 amide bonds. The third-order valence-electron chi connectivity index (χ3n) is 5.53. The van der Waals surface area contributed by atoms with Crippen LogP contribution in [-0.2, 0) is 6.42 Å². The number of rotatable bonds is 4. The maximum absolute atomic E-state index is 13.1. The molecule has 0 aliphatic carbocycles. The third kappa shape index (κ3) is 4.48. The van der Waals surface area contributed by atoms with Crippen molar-refractivity contribution in [3.8, 4) is 0 Å². The molecule has 31 heavy (non-hydrogen) atoms. The summed E-state index contributed by atoms with van der Waals surface area (Å²) in [5.74, 6) is -0.734. The van der Waals surface area contributed by atoms with E-state index in [1.165, 1.54) is 24.3 Å². The summed E-state index contributed by atoms with van der Waals surface area (Å²) in [5, 5.41) is 2.95. The number of hydrogen-bond donors (Lipinski definition) is 1. The number of amides is 2. The molecule has 158 valence electrons. The molecule has 4 rings (SSSR count). The zero-order valence-electron chi connectivity index (χ0n) is 17.6. The summed E-state index contributed by atoms with van der Waals surface area (Å²) in [5.41, 5.74) is 4.58. The summed E-state index contributed by atoms with van der Waals surface area (Å²) >= 11 is 0. The van der Waals surface area contributed by atoms with Gasteiger partial charge in [-0.15, -0.1) is 0 Å². The molecule has 1 aromatic heterocycles. The lowest BCUT2D eigenvalue weighted by Gasteiger charge is -2.30. The number of hydrogen-bond acceptors (Lipinski definition) is 3. The molecule has 5 nitrogen and oxygen atoms in total. The highest BCUT2D eigenvalue weighted by Crippen LogP contribution is 2.31. The highest BCUT2D eigenvalue weighted by Gasteiger charge is 2.25. The average molecular weight is 417 g/mol. The molecule has 0 spiro atoms. The lowest BCUT2D eigenvalue weighted by Crippen LogP contribution is -2.36. The maximum atomic E-state index is 13.1. The van der Waals surface area contributed by atoms with Gasteiger partial charge in [0.05, 0.1) is 6.04 Å². The largest absolute Gasteiger partial charge is 0.346 e. The van der Waals surface area contributed by atoms with Crippen molar-refractivity contribution in [1.29, 1.82) is 0 Å². The molecule has 1 N–H and O–H groups in total. The van der Waals surface area contributed by atoms with E-state index in [1.807, 2.05) is 44.2 Å². The van der Waals surface area contributed by atoms with Crippen molar-refractivity contribution in [3.63, 3.8) is 0 Å². The Morgan fingerprint density at radius 2 is 1.87 bits per heavy atom. The normalized spacial score (nSPS) is 14.0. The SMILES string of the molecule is Cc1cccc(C(=O)N2CCCc3cc(C(C)NC(=O)c4ccc(F)cc4)ccc32)n1. The maximum Gasteiger partial charge on any atom is 0.276 e. The summed E-state index contributed by atoms with van der Waals surface area (Å²) in [7, 11) is 0. The van der Waals surface area contributed by atoms with Crippen molar-refractivity contribution in [2.75, 3.05) is 11.4 Å². The zero-order valence-corrected chi connectivity index (χ0v) is 17.6. The van der Waals surface area contributed by atoms with Crippen LogP contribution < -0.4 is 10.2 Å². The summed E-state index contributed by atoms with van der Waals surface area (Å²) < 4.78 is 13.1. The number of pyridine rings is 1. The number of nitrogens with zero attached hydrogens (tertiary/aromatic N) is 2. The monoisotopic (exact) mass is 417 g/mol. The first-order chi connectivity index (χ1) is 14.9. The number of aromatic nitrogens is 1. The lowest BCUT2D eigenvalue weighted by molar-refractivity contribution is 0.0938. The van der Waals surface area contributed by atoms with Crippen LogP contribution in [0.3, 0.4) is 0 Å². The Morgan fingerprint density at radius 1 is 1.10 bits per heavy atom. The van der Waals surface area contributed by atoms with Crippen LogP contribution in [0.25, 0.3) is 0 Å². The Kier molecular flexibility index (Phi) is 5.80. The van der Waals surface area contributed by atoms with Gasteiger partial charge in [0.15, 0.2) is 0 Å². The number of benzene rings is 2. The van der Waals surface area contributed by atoms with Crippen LogP contribution in [-0.4, -0.2) is 23.3 Å². The van der Waals surface area contributed by atoms with E-state index in [4.69, 9.17) is 0 Å². The number of carbonyl (C=O) groups excluding carboxylic acids is 2. The molecular weight excluding hydrogens is 393 g/mol. The van der Waals surface area contributed by atoms with Gasteiger partial charge < -0.3 is 10.2 Å². The molecule has 0 fully saturated rings. The number of fused-ring (bicyclic) bond motifs is 1. The van der Waals surface area contributed by atoms with Crippen molar-refractivity contribution in [2.24, 2.45) is 0 Å². The second kappa shape index (κ2) is 8.68. The van der Waals surface area contributed by atoms with Gasteiger partial charge in [0.1, 0.15) is 11.5 Å². The predicted octanol–water partition coefficient (Wildman–Crippen LogP) is 4.61. The van der Waals surface area contributed by atoms with Crippen LogP contribution in [0.5, 0.6) is 0 Å². The molecule has 1 aliphatic rings. The average Bonchev–Trinajstić information content (AvgIpc) is 2.78. The first kappa shape index (κ1) is 20.7. The highest BCUT2D eigenvalue weighted by atomic mass is 19.1. The van der Waals surface area contributed by atoms with Crippen LogP contribution in [0.4, 0.5) is 10.1 Å². The van der Waals surface area contributed by atoms with Gasteiger partial charge in [0.25, 0.3) is 11.8 Å². The number of carbonyl (C=O) groups is 2. The standard InChI is InChI=1S/C25H24FN3O2/c1-16-5-3-7-22(27-16)25(31)29-14-4-6-20-15-19(10-13-23(20)29)17(2)28-24(30)18-8-11-21(26)12-9-18/h3,5,7-13,15,17H,4,6,14H2,1-2H3,(H,28,30). The molecule has 2 heterocycles. The first-order valence-electron chi connectivity index (χ1n) is 10.4. The van der Waals surface area contributed by atoms with Crippen LogP contribution in [0.1, 0.15) is 57.1 Å². The van der Waals surface area contributed by atoms with Crippen molar-refractivity contribution < 1.29 is 14.0 Å². The summed E-state index contributed by atoms with van der Waals surface area (Å²) in [6.45, 7) is 4.43. The molecule has 6 heteroatoms. The molecule has 0 saturated carbocycles. The van der Waals surface area contributed by atoms with Gasteiger partial charge in [-0.3, -0.25) is 9.59 Å². The molecular formula is C25H24FN3O2. The minimum absolute atomic E-state index is 0.102. The van der Waals surface area contributed by atoms with Crippen LogP contribution in [0, 0.1) is 12.7 Å². The van der Waals surface area contributed by atoms with Gasteiger partial charge in [-0.2, -0.15) is 0 Å². The number of aryl methyl sites for hydroxylation is 2. The van der Waals surface area contributed by atoms with Crippen LogP contribution in [0.15, 0.2) is 60.7 Å². The molecule has 1 unspecified atom stereocenters. The lowest BCUT2D eigenvalue weighted by atomic mass is 9.96. The van der Waals surface area contributed by atoms with E-state index >= 15 is 0 Å². The number of nitrogens with one attached hydrogen (secondary N) is 1. The van der Waals surface area contributed by atoms with E-state index in [-0.39, 0.29) is 23.7 Å². The Bertz CT molecular complexity index is 1130. The van der Waals surface area contributed by atoms with E-state index in [0.29, 0.717) is 17.8 Å². The zero-order chi connectivity index (χ0) is 22.0. The summed E-state index contributed by atoms with van der Waals surface area (Å²) in [4.78, 5) is 31.7. The van der Waals surface area contributed by atoms with Crippen molar-refractivity contribution in [3.05, 3.63) is 94.6 Å². The Morgan fingerprint density at radius 3 is 2.61 bits per heavy atom. The topological polar surface area (TPSA) is 62.3 Å². The van der Waals surface area contributed by atoms with Crippen molar-refractivity contribution in [1.82, 2.24) is 10.3 Å². The molecule has 0 saturated heterocycles. The van der Waals surface area contributed by atoms with Gasteiger partial charge >= 0.3 is 0 Å². The minimum atomic E-state index is -0.376. The molecule has 0 radical (unpaired) electrons. The van der Waals surface area contributed by atoms with E-state index < -0.39 is 0 Å². The number of anilines is 1. The van der Waals surface area contributed by atoms with E-state index in [9.17, 15) is 14.0 Å². The van der Waals surface area contributed by atoms with Crippen molar-refractivity contribution >= 4 is 17.5 Å². The number of halogens is 1. The Hall–Kier alpha value is -3.54. The quantitative estimate of drug-likeness (QED) is 0.674. The molecule has 0 bridgehead atoms. The highest BCUT2D eigenvalue weighted by molar-refractivity contribution is 6.05. The van der Waals surface area contributed by atoms with Crippen molar-refractivity contribution in [2.45, 2.75) is 32.7 Å². The summed E-state index contributed by atoms with van der Waals surface area (Å²) in [6, 6.07) is 16.6. The smallest absolute Gasteiger partial charge is 0.276 e. The van der Waals surface area contributed by atoms with Crippen LogP contribution >= 0.6 is 0 Å². The van der Waals surface area contributed by atoms with Gasteiger partial charge in [0.2, 0.25) is 0 Å². The molecule has 3 aromatic rings. The fourth-order valence-electron chi connectivity index (χ4n) is 3.86. The van der Waals surface area contributed by atoms with Gasteiger partial charge in [-0.05, 0) is 80.3 Å². The molecule has 1 atom stereocenters. The van der Waals surface area contributed by atoms with Gasteiger partial charge in [0, 0.05) is 23.5 Å². The van der Waals surface area contributed by atoms with Crippen LogP contribution in [0.2, 0.25) is 0 Å². The van der Waals surface area contributed by atoms with E-state index in [2.05, 4.69) is 10.3 Å². The first-order valence-corrected chi connectivity index (χ1v) is 10.4. The third-order valence-corrected chi connectivity index (χ3v) is 5.53. The second-order valence-electron chi connectivity index (χ2n) is 7.81. The van der Waals surface area contributed by atoms with E-state index in [0.717, 1.165) is 35.3 Å². The molecule has 1 aliphatic heterocycles. The van der Waals surface area contributed by atoms with Gasteiger partial charge in [-0.25, -0.2) is 9.37 Å². The predicted molar refractivity (Wildman–Crippen MR) is 118 cm³/mol. The fraction of sp³-hybridized carbons (Fsp3) is 0.240. The van der Waals surface area contributed by atoms with Gasteiger partial charge in [-0.1, -0.05) is 18.2 Å². The Balaban J connectivity index is 1.53. The summed E-state index contributed by atoms with van der Waals surface area (Å²) in [6.07, 6.45) is 1.73.